The number of aryl methyl sites for hydroxylation is 2. The van der Waals surface area contributed by atoms with Crippen LogP contribution in [0.2, 0.25) is 0 Å². The summed E-state index contributed by atoms with van der Waals surface area (Å²) in [6.45, 7) is 16.5. The highest BCUT2D eigenvalue weighted by molar-refractivity contribution is 5.10. The van der Waals surface area contributed by atoms with Crippen LogP contribution in [0, 0.1) is 6.92 Å². The normalized spacial score (nSPS) is 13.0. The van der Waals surface area contributed by atoms with Gasteiger partial charge >= 0.3 is 0 Å². The standard InChI is InChI=1S/C17H34N4/c1-6-11-18-16(10-12-20(7-2)8-3)14-17-13-15(5)19-21(17)9-4/h13,16,18H,6-12,14H2,1-5H3. The fraction of sp³-hybridized carbons (Fsp3) is 0.824. The van der Waals surface area contributed by atoms with E-state index in [2.05, 4.69) is 60.7 Å². The van der Waals surface area contributed by atoms with Crippen LogP contribution in [0.25, 0.3) is 0 Å². The molecule has 1 aromatic rings. The fourth-order valence-electron chi connectivity index (χ4n) is 2.79. The maximum Gasteiger partial charge on any atom is 0.0596 e. The van der Waals surface area contributed by atoms with Gasteiger partial charge in [0.1, 0.15) is 0 Å². The molecule has 0 amide bonds. The molecule has 0 saturated heterocycles. The lowest BCUT2D eigenvalue weighted by molar-refractivity contribution is 0.279. The van der Waals surface area contributed by atoms with E-state index in [0.29, 0.717) is 6.04 Å². The van der Waals surface area contributed by atoms with Gasteiger partial charge in [0.25, 0.3) is 0 Å². The molecule has 0 fully saturated rings. The van der Waals surface area contributed by atoms with Gasteiger partial charge in [-0.05, 0) is 58.9 Å². The fourth-order valence-corrected chi connectivity index (χ4v) is 2.79. The highest BCUT2D eigenvalue weighted by atomic mass is 15.3. The van der Waals surface area contributed by atoms with Crippen LogP contribution in [-0.2, 0) is 13.0 Å². The van der Waals surface area contributed by atoms with E-state index in [9.17, 15) is 0 Å². The molecule has 0 saturated carbocycles. The van der Waals surface area contributed by atoms with Crippen LogP contribution in [0.5, 0.6) is 0 Å². The molecule has 0 bridgehead atoms. The van der Waals surface area contributed by atoms with Crippen molar-refractivity contribution in [3.63, 3.8) is 0 Å². The SMILES string of the molecule is CCCNC(CCN(CC)CC)Cc1cc(C)nn1CC. The van der Waals surface area contributed by atoms with Crippen LogP contribution < -0.4 is 5.32 Å². The van der Waals surface area contributed by atoms with Gasteiger partial charge in [0.2, 0.25) is 0 Å². The van der Waals surface area contributed by atoms with Crippen molar-refractivity contribution >= 4 is 0 Å². The second-order valence-corrected chi connectivity index (χ2v) is 5.76. The Kier molecular flexibility index (Phi) is 8.62. The topological polar surface area (TPSA) is 33.1 Å². The Balaban J connectivity index is 2.63. The van der Waals surface area contributed by atoms with Crippen molar-refractivity contribution in [2.75, 3.05) is 26.2 Å². The Morgan fingerprint density at radius 3 is 2.52 bits per heavy atom. The van der Waals surface area contributed by atoms with E-state index >= 15 is 0 Å². The van der Waals surface area contributed by atoms with Crippen LogP contribution in [0.4, 0.5) is 0 Å². The molecular formula is C17H34N4. The summed E-state index contributed by atoms with van der Waals surface area (Å²) in [6, 6.07) is 2.79. The van der Waals surface area contributed by atoms with E-state index in [1.54, 1.807) is 0 Å². The van der Waals surface area contributed by atoms with Gasteiger partial charge in [-0.3, -0.25) is 4.68 Å². The van der Waals surface area contributed by atoms with Gasteiger partial charge < -0.3 is 10.2 Å². The molecule has 4 heteroatoms. The molecule has 0 aliphatic heterocycles. The highest BCUT2D eigenvalue weighted by Crippen LogP contribution is 2.10. The second kappa shape index (κ2) is 9.96. The average molecular weight is 294 g/mol. The Morgan fingerprint density at radius 2 is 1.95 bits per heavy atom. The monoisotopic (exact) mass is 294 g/mol. The Labute approximate surface area is 130 Å². The Hall–Kier alpha value is -0.870. The molecule has 0 aliphatic carbocycles. The second-order valence-electron chi connectivity index (χ2n) is 5.76. The van der Waals surface area contributed by atoms with Crippen LogP contribution in [0.1, 0.15) is 51.9 Å². The molecule has 1 aromatic heterocycles. The van der Waals surface area contributed by atoms with E-state index < -0.39 is 0 Å². The van der Waals surface area contributed by atoms with Crippen molar-refractivity contribution in [1.82, 2.24) is 20.0 Å². The molecule has 4 nitrogen and oxygen atoms in total. The lowest BCUT2D eigenvalue weighted by Crippen LogP contribution is -2.36. The van der Waals surface area contributed by atoms with Gasteiger partial charge in [-0.1, -0.05) is 20.8 Å². The summed E-state index contributed by atoms with van der Waals surface area (Å²) in [7, 11) is 0. The summed E-state index contributed by atoms with van der Waals surface area (Å²) in [5.41, 5.74) is 2.49. The third-order valence-electron chi connectivity index (χ3n) is 4.11. The summed E-state index contributed by atoms with van der Waals surface area (Å²) in [5.74, 6) is 0. The van der Waals surface area contributed by atoms with E-state index in [0.717, 1.165) is 38.3 Å². The van der Waals surface area contributed by atoms with Gasteiger partial charge in [0.05, 0.1) is 5.69 Å². The number of nitrogens with zero attached hydrogens (tertiary/aromatic N) is 3. The summed E-state index contributed by atoms with van der Waals surface area (Å²) in [5, 5.41) is 8.28. The largest absolute Gasteiger partial charge is 0.314 e. The van der Waals surface area contributed by atoms with Gasteiger partial charge in [0, 0.05) is 24.7 Å². The molecule has 1 N–H and O–H groups in total. The summed E-state index contributed by atoms with van der Waals surface area (Å²) < 4.78 is 2.15. The van der Waals surface area contributed by atoms with E-state index in [1.165, 1.54) is 25.1 Å². The predicted molar refractivity (Wildman–Crippen MR) is 90.8 cm³/mol. The van der Waals surface area contributed by atoms with Crippen LogP contribution >= 0.6 is 0 Å². The first-order chi connectivity index (χ1) is 10.1. The maximum atomic E-state index is 4.57. The highest BCUT2D eigenvalue weighted by Gasteiger charge is 2.14. The summed E-state index contributed by atoms with van der Waals surface area (Å²) >= 11 is 0. The number of hydrogen-bond acceptors (Lipinski definition) is 3. The molecule has 1 unspecified atom stereocenters. The first kappa shape index (κ1) is 18.2. The van der Waals surface area contributed by atoms with Gasteiger partial charge in [-0.2, -0.15) is 5.10 Å². The Bertz CT molecular complexity index is 382. The number of rotatable bonds is 11. The third kappa shape index (κ3) is 6.18. The van der Waals surface area contributed by atoms with Crippen molar-refractivity contribution in [3.8, 4) is 0 Å². The van der Waals surface area contributed by atoms with E-state index in [4.69, 9.17) is 0 Å². The van der Waals surface area contributed by atoms with Crippen LogP contribution in [-0.4, -0.2) is 46.9 Å². The van der Waals surface area contributed by atoms with Gasteiger partial charge in [-0.15, -0.1) is 0 Å². The molecular weight excluding hydrogens is 260 g/mol. The summed E-state index contributed by atoms with van der Waals surface area (Å²) in [6.07, 6.45) is 3.47. The minimum atomic E-state index is 0.548. The minimum absolute atomic E-state index is 0.548. The van der Waals surface area contributed by atoms with Crippen LogP contribution in [0.3, 0.4) is 0 Å². The number of nitrogens with one attached hydrogen (secondary N) is 1. The molecule has 1 heterocycles. The zero-order chi connectivity index (χ0) is 15.7. The molecule has 1 rings (SSSR count). The molecule has 122 valence electrons. The van der Waals surface area contributed by atoms with Gasteiger partial charge in [0.15, 0.2) is 0 Å². The van der Waals surface area contributed by atoms with Crippen LogP contribution in [0.15, 0.2) is 6.07 Å². The molecule has 0 aliphatic rings. The first-order valence-electron chi connectivity index (χ1n) is 8.63. The zero-order valence-corrected chi connectivity index (χ0v) is 14.7. The quantitative estimate of drug-likeness (QED) is 0.681. The van der Waals surface area contributed by atoms with Crippen molar-refractivity contribution in [3.05, 3.63) is 17.5 Å². The van der Waals surface area contributed by atoms with Crippen molar-refractivity contribution < 1.29 is 0 Å². The van der Waals surface area contributed by atoms with E-state index in [-0.39, 0.29) is 0 Å². The molecule has 1 atom stereocenters. The third-order valence-corrected chi connectivity index (χ3v) is 4.11. The number of hydrogen-bond donors (Lipinski definition) is 1. The van der Waals surface area contributed by atoms with Crippen molar-refractivity contribution in [2.24, 2.45) is 0 Å². The minimum Gasteiger partial charge on any atom is -0.314 e. The smallest absolute Gasteiger partial charge is 0.0596 e. The molecule has 0 spiro atoms. The maximum absolute atomic E-state index is 4.57. The first-order valence-corrected chi connectivity index (χ1v) is 8.63. The predicted octanol–water partition coefficient (Wildman–Crippen LogP) is 2.85. The molecule has 0 aromatic carbocycles. The lowest BCUT2D eigenvalue weighted by atomic mass is 10.1. The lowest BCUT2D eigenvalue weighted by Gasteiger charge is -2.24. The Morgan fingerprint density at radius 1 is 1.24 bits per heavy atom. The zero-order valence-electron chi connectivity index (χ0n) is 14.7. The molecule has 21 heavy (non-hydrogen) atoms. The van der Waals surface area contributed by atoms with E-state index in [1.807, 2.05) is 0 Å². The average Bonchev–Trinajstić information content (AvgIpc) is 2.85. The summed E-state index contributed by atoms with van der Waals surface area (Å²) in [4.78, 5) is 2.50. The van der Waals surface area contributed by atoms with Crippen molar-refractivity contribution in [2.45, 2.75) is 66.5 Å². The van der Waals surface area contributed by atoms with Crippen molar-refractivity contribution in [1.29, 1.82) is 0 Å². The number of aromatic nitrogens is 2. The molecule has 0 radical (unpaired) electrons. The van der Waals surface area contributed by atoms with Gasteiger partial charge in [-0.25, -0.2) is 0 Å².